The smallest absolute Gasteiger partial charge is 0.257 e. The highest BCUT2D eigenvalue weighted by molar-refractivity contribution is 7.90. The summed E-state index contributed by atoms with van der Waals surface area (Å²) in [6.07, 6.45) is 6.78. The molecular formula is C38H51N7O4S. The van der Waals surface area contributed by atoms with E-state index in [9.17, 15) is 18.0 Å². The van der Waals surface area contributed by atoms with Crippen molar-refractivity contribution in [2.75, 3.05) is 31.1 Å². The Bertz CT molecular complexity index is 1730. The van der Waals surface area contributed by atoms with Gasteiger partial charge in [0, 0.05) is 56.5 Å². The fourth-order valence-electron chi connectivity index (χ4n) is 7.42. The number of aromatic nitrogens is 2. The van der Waals surface area contributed by atoms with E-state index in [1.807, 2.05) is 36.9 Å². The van der Waals surface area contributed by atoms with E-state index < -0.39 is 16.1 Å². The minimum absolute atomic E-state index is 0.0391. The van der Waals surface area contributed by atoms with E-state index in [0.717, 1.165) is 81.0 Å². The average molecular weight is 702 g/mol. The van der Waals surface area contributed by atoms with Crippen molar-refractivity contribution in [2.45, 2.75) is 102 Å². The summed E-state index contributed by atoms with van der Waals surface area (Å²) >= 11 is 0. The van der Waals surface area contributed by atoms with Crippen LogP contribution >= 0.6 is 0 Å². The number of anilines is 1. The summed E-state index contributed by atoms with van der Waals surface area (Å²) in [4.78, 5) is 41.7. The van der Waals surface area contributed by atoms with E-state index >= 15 is 0 Å². The summed E-state index contributed by atoms with van der Waals surface area (Å²) in [7, 11) is -3.43. The molecule has 2 N–H and O–H groups in total. The zero-order chi connectivity index (χ0) is 35.5. The topological polar surface area (TPSA) is 128 Å². The van der Waals surface area contributed by atoms with Crippen molar-refractivity contribution in [1.82, 2.24) is 29.8 Å². The zero-order valence-corrected chi connectivity index (χ0v) is 30.6. The molecule has 0 unspecified atom stereocenters. The van der Waals surface area contributed by atoms with Gasteiger partial charge >= 0.3 is 0 Å². The third-order valence-electron chi connectivity index (χ3n) is 10.9. The Morgan fingerprint density at radius 2 is 1.52 bits per heavy atom. The molecule has 1 aliphatic carbocycles. The van der Waals surface area contributed by atoms with Crippen LogP contribution in [0.15, 0.2) is 60.9 Å². The van der Waals surface area contributed by atoms with Crippen LogP contribution in [0.5, 0.6) is 0 Å². The van der Waals surface area contributed by atoms with Gasteiger partial charge in [-0.05, 0) is 89.5 Å². The second kappa shape index (κ2) is 15.2. The molecule has 2 aliphatic heterocycles. The highest BCUT2D eigenvalue weighted by atomic mass is 32.2. The van der Waals surface area contributed by atoms with Crippen LogP contribution in [-0.4, -0.2) is 89.1 Å². The second-order valence-corrected chi connectivity index (χ2v) is 16.5. The lowest BCUT2D eigenvalue weighted by molar-refractivity contribution is -0.122. The molecule has 6 rings (SSSR count). The van der Waals surface area contributed by atoms with Gasteiger partial charge in [0.25, 0.3) is 5.91 Å². The molecule has 12 heteroatoms. The van der Waals surface area contributed by atoms with E-state index in [1.165, 1.54) is 11.9 Å². The average Bonchev–Trinajstić information content (AvgIpc) is 3.98. The number of aryl methyl sites for hydroxylation is 2. The number of rotatable bonds is 12. The van der Waals surface area contributed by atoms with Gasteiger partial charge in [-0.1, -0.05) is 42.5 Å². The number of sulfonamides is 1. The van der Waals surface area contributed by atoms with Gasteiger partial charge in [-0.15, -0.1) is 0 Å². The van der Waals surface area contributed by atoms with Crippen LogP contribution in [0, 0.1) is 13.8 Å². The number of piperidine rings is 2. The van der Waals surface area contributed by atoms with Crippen LogP contribution < -0.4 is 14.9 Å². The SMILES string of the molecule is Cc1ncnc(C)c1C(=O)N1CCC(C)(N2CCC(N(Cc3ccccc3)c3ccc(CNC(=O)[C@H](C)NS(=O)(=O)C4CC4)cc3)CC2)CC1. The predicted octanol–water partition coefficient (Wildman–Crippen LogP) is 4.35. The summed E-state index contributed by atoms with van der Waals surface area (Å²) in [5, 5.41) is 2.52. The normalized spacial score (nSPS) is 19.2. The first kappa shape index (κ1) is 35.9. The number of hydrogen-bond acceptors (Lipinski definition) is 8. The molecule has 0 spiro atoms. The van der Waals surface area contributed by atoms with Crippen LogP contribution in [0.2, 0.25) is 0 Å². The van der Waals surface area contributed by atoms with Gasteiger partial charge in [0.05, 0.1) is 28.2 Å². The Labute approximate surface area is 296 Å². The lowest BCUT2D eigenvalue weighted by Gasteiger charge is -2.50. The third kappa shape index (κ3) is 8.35. The number of benzene rings is 2. The molecule has 1 saturated carbocycles. The molecule has 268 valence electrons. The van der Waals surface area contributed by atoms with E-state index in [-0.39, 0.29) is 22.6 Å². The first-order chi connectivity index (χ1) is 23.9. The van der Waals surface area contributed by atoms with Crippen LogP contribution in [0.3, 0.4) is 0 Å². The molecule has 1 atom stereocenters. The van der Waals surface area contributed by atoms with Gasteiger partial charge in [-0.2, -0.15) is 0 Å². The summed E-state index contributed by atoms with van der Waals surface area (Å²) in [5.74, 6) is -0.296. The van der Waals surface area contributed by atoms with Crippen LogP contribution in [0.25, 0.3) is 0 Å². The number of amides is 2. The second-order valence-electron chi connectivity index (χ2n) is 14.5. The number of nitrogens with zero attached hydrogens (tertiary/aromatic N) is 5. The Morgan fingerprint density at radius 1 is 0.900 bits per heavy atom. The van der Waals surface area contributed by atoms with Crippen LogP contribution in [-0.2, 0) is 27.9 Å². The number of likely N-dealkylation sites (tertiary alicyclic amines) is 2. The molecule has 3 heterocycles. The van der Waals surface area contributed by atoms with Gasteiger partial charge < -0.3 is 15.1 Å². The van der Waals surface area contributed by atoms with Crippen molar-refractivity contribution in [1.29, 1.82) is 0 Å². The third-order valence-corrected chi connectivity index (χ3v) is 12.9. The van der Waals surface area contributed by atoms with E-state index in [1.54, 1.807) is 6.92 Å². The Morgan fingerprint density at radius 3 is 2.12 bits per heavy atom. The highest BCUT2D eigenvalue weighted by Crippen LogP contribution is 2.34. The highest BCUT2D eigenvalue weighted by Gasteiger charge is 2.40. The van der Waals surface area contributed by atoms with Crippen molar-refractivity contribution in [3.05, 3.63) is 89.0 Å². The monoisotopic (exact) mass is 701 g/mol. The minimum Gasteiger partial charge on any atom is -0.364 e. The van der Waals surface area contributed by atoms with E-state index in [0.29, 0.717) is 31.0 Å². The molecule has 0 bridgehead atoms. The predicted molar refractivity (Wildman–Crippen MR) is 195 cm³/mol. The Balaban J connectivity index is 1.06. The maximum absolute atomic E-state index is 13.4. The Hall–Kier alpha value is -3.87. The van der Waals surface area contributed by atoms with Crippen LogP contribution in [0.4, 0.5) is 5.69 Å². The molecule has 3 fully saturated rings. The lowest BCUT2D eigenvalue weighted by atomic mass is 9.85. The van der Waals surface area contributed by atoms with Gasteiger partial charge in [0.2, 0.25) is 15.9 Å². The maximum Gasteiger partial charge on any atom is 0.257 e. The van der Waals surface area contributed by atoms with Gasteiger partial charge in [0.15, 0.2) is 0 Å². The van der Waals surface area contributed by atoms with E-state index in [4.69, 9.17) is 0 Å². The molecule has 3 aliphatic rings. The number of carbonyl (C=O) groups excluding carboxylic acids is 2. The lowest BCUT2D eigenvalue weighted by Crippen LogP contribution is -2.58. The molecule has 1 aromatic heterocycles. The van der Waals surface area contributed by atoms with Gasteiger partial charge in [-0.25, -0.2) is 23.1 Å². The first-order valence-corrected chi connectivity index (χ1v) is 19.5. The molecule has 11 nitrogen and oxygen atoms in total. The zero-order valence-electron chi connectivity index (χ0n) is 29.8. The molecule has 2 saturated heterocycles. The summed E-state index contributed by atoms with van der Waals surface area (Å²) < 4.78 is 27.0. The molecule has 2 amide bonds. The fourth-order valence-corrected chi connectivity index (χ4v) is 8.97. The summed E-state index contributed by atoms with van der Waals surface area (Å²) in [5.41, 5.74) is 5.51. The van der Waals surface area contributed by atoms with Crippen molar-refractivity contribution in [3.63, 3.8) is 0 Å². The first-order valence-electron chi connectivity index (χ1n) is 17.9. The molecular weight excluding hydrogens is 651 g/mol. The standard InChI is InChI=1S/C38H51N7O4S/c1-27-35(28(2)41-26-40-27)37(47)43-22-18-38(4,19-23-43)44-20-16-33(17-21-44)45(25-31-8-6-5-7-9-31)32-12-10-30(11-13-32)24-39-36(46)29(3)42-50(48,49)34-14-15-34/h5-13,26,29,33-34,42H,14-25H2,1-4H3,(H,39,46)/t29-/m0/s1. The van der Waals surface area contributed by atoms with Gasteiger partial charge in [0.1, 0.15) is 6.33 Å². The minimum atomic E-state index is -3.43. The molecule has 3 aromatic rings. The molecule has 50 heavy (non-hydrogen) atoms. The van der Waals surface area contributed by atoms with E-state index in [2.05, 4.69) is 73.1 Å². The summed E-state index contributed by atoms with van der Waals surface area (Å²) in [6.45, 7) is 12.3. The van der Waals surface area contributed by atoms with Crippen molar-refractivity contribution < 1.29 is 18.0 Å². The van der Waals surface area contributed by atoms with Crippen molar-refractivity contribution in [3.8, 4) is 0 Å². The largest absolute Gasteiger partial charge is 0.364 e. The van der Waals surface area contributed by atoms with Crippen LogP contribution in [0.1, 0.15) is 85.2 Å². The fraction of sp³-hybridized carbons (Fsp3) is 0.526. The van der Waals surface area contributed by atoms with Crippen molar-refractivity contribution in [2.24, 2.45) is 0 Å². The van der Waals surface area contributed by atoms with Crippen molar-refractivity contribution >= 4 is 27.5 Å². The number of hydrogen-bond donors (Lipinski definition) is 2. The number of nitrogens with one attached hydrogen (secondary N) is 2. The van der Waals surface area contributed by atoms with Gasteiger partial charge in [-0.3, -0.25) is 14.5 Å². The summed E-state index contributed by atoms with van der Waals surface area (Å²) in [6, 6.07) is 18.5. The molecule has 2 aromatic carbocycles. The number of carbonyl (C=O) groups is 2. The maximum atomic E-state index is 13.4. The quantitative estimate of drug-likeness (QED) is 0.286. The molecule has 0 radical (unpaired) electrons. The Kier molecular flexibility index (Phi) is 10.9.